The smallest absolute Gasteiger partial charge is 0.122 e. The van der Waals surface area contributed by atoms with Crippen LogP contribution in [0, 0.1) is 0 Å². The number of hydrogen-bond donors (Lipinski definition) is 2. The van der Waals surface area contributed by atoms with Crippen molar-refractivity contribution >= 4 is 0 Å². The van der Waals surface area contributed by atoms with E-state index in [-0.39, 0.29) is 6.10 Å². The molecule has 1 atom stereocenters. The summed E-state index contributed by atoms with van der Waals surface area (Å²) in [4.78, 5) is 2.12. The van der Waals surface area contributed by atoms with Crippen LogP contribution in [0.2, 0.25) is 0 Å². The molecule has 1 aliphatic heterocycles. The average molecular weight is 250 g/mol. The standard InChI is InChI=1S/C14H22N2O2/c1-16(10-13(17)4-6-15)9-11-2-3-14-12(8-11)5-7-18-14/h2-3,8,13,17H,4-7,9-10,15H2,1H3. The van der Waals surface area contributed by atoms with Crippen LogP contribution in [0.4, 0.5) is 0 Å². The maximum absolute atomic E-state index is 9.71. The number of ether oxygens (including phenoxy) is 1. The molecule has 0 aromatic heterocycles. The van der Waals surface area contributed by atoms with Crippen molar-refractivity contribution in [2.45, 2.75) is 25.5 Å². The average Bonchev–Trinajstić information content (AvgIpc) is 2.76. The number of rotatable bonds is 6. The van der Waals surface area contributed by atoms with Crippen LogP contribution in [0.25, 0.3) is 0 Å². The second-order valence-corrected chi connectivity index (χ2v) is 4.97. The van der Waals surface area contributed by atoms with Gasteiger partial charge in [0.25, 0.3) is 0 Å². The molecule has 3 N–H and O–H groups in total. The van der Waals surface area contributed by atoms with Gasteiger partial charge in [-0.1, -0.05) is 12.1 Å². The summed E-state index contributed by atoms with van der Waals surface area (Å²) in [7, 11) is 2.02. The van der Waals surface area contributed by atoms with Crippen molar-refractivity contribution in [1.29, 1.82) is 0 Å². The number of hydrogen-bond acceptors (Lipinski definition) is 4. The Hall–Kier alpha value is -1.10. The third-order valence-corrected chi connectivity index (χ3v) is 3.23. The van der Waals surface area contributed by atoms with E-state index in [1.165, 1.54) is 11.1 Å². The van der Waals surface area contributed by atoms with E-state index in [0.717, 1.165) is 25.3 Å². The molecule has 1 aliphatic rings. The fourth-order valence-electron chi connectivity index (χ4n) is 2.36. The Morgan fingerprint density at radius 2 is 2.33 bits per heavy atom. The van der Waals surface area contributed by atoms with Crippen LogP contribution in [0.5, 0.6) is 5.75 Å². The highest BCUT2D eigenvalue weighted by Gasteiger charge is 2.13. The molecule has 1 heterocycles. The third-order valence-electron chi connectivity index (χ3n) is 3.23. The van der Waals surface area contributed by atoms with E-state index < -0.39 is 0 Å². The molecule has 1 aromatic carbocycles. The first-order valence-corrected chi connectivity index (χ1v) is 6.50. The molecule has 0 spiro atoms. The summed E-state index contributed by atoms with van der Waals surface area (Å²) < 4.78 is 5.49. The Morgan fingerprint density at radius 1 is 1.50 bits per heavy atom. The Balaban J connectivity index is 1.89. The molecule has 100 valence electrons. The molecule has 0 fully saturated rings. The fraction of sp³-hybridized carbons (Fsp3) is 0.571. The van der Waals surface area contributed by atoms with Crippen LogP contribution in [0.15, 0.2) is 18.2 Å². The number of aliphatic hydroxyl groups excluding tert-OH is 1. The van der Waals surface area contributed by atoms with Crippen molar-refractivity contribution < 1.29 is 9.84 Å². The van der Waals surface area contributed by atoms with Gasteiger partial charge in [0.15, 0.2) is 0 Å². The van der Waals surface area contributed by atoms with E-state index in [0.29, 0.717) is 19.5 Å². The van der Waals surface area contributed by atoms with Gasteiger partial charge in [0.05, 0.1) is 12.7 Å². The molecule has 0 saturated carbocycles. The molecule has 4 nitrogen and oxygen atoms in total. The normalized spacial score (nSPS) is 15.6. The van der Waals surface area contributed by atoms with Gasteiger partial charge in [-0.25, -0.2) is 0 Å². The molecule has 0 saturated heterocycles. The van der Waals surface area contributed by atoms with Gasteiger partial charge in [0, 0.05) is 19.5 Å². The highest BCUT2D eigenvalue weighted by Crippen LogP contribution is 2.26. The van der Waals surface area contributed by atoms with E-state index in [1.54, 1.807) is 0 Å². The first kappa shape index (κ1) is 13.3. The summed E-state index contributed by atoms with van der Waals surface area (Å²) in [5, 5.41) is 9.71. The fourth-order valence-corrected chi connectivity index (χ4v) is 2.36. The summed E-state index contributed by atoms with van der Waals surface area (Å²) in [6, 6.07) is 6.34. The van der Waals surface area contributed by atoms with Gasteiger partial charge >= 0.3 is 0 Å². The molecule has 18 heavy (non-hydrogen) atoms. The number of fused-ring (bicyclic) bond motifs is 1. The molecule has 0 aliphatic carbocycles. The first-order chi connectivity index (χ1) is 8.69. The van der Waals surface area contributed by atoms with Crippen LogP contribution in [0.3, 0.4) is 0 Å². The van der Waals surface area contributed by atoms with Crippen LogP contribution < -0.4 is 10.5 Å². The molecule has 4 heteroatoms. The zero-order valence-electron chi connectivity index (χ0n) is 10.9. The Bertz CT molecular complexity index is 395. The van der Waals surface area contributed by atoms with Crippen LogP contribution in [-0.4, -0.2) is 42.9 Å². The zero-order valence-corrected chi connectivity index (χ0v) is 10.9. The highest BCUT2D eigenvalue weighted by atomic mass is 16.5. The van der Waals surface area contributed by atoms with E-state index in [9.17, 15) is 5.11 Å². The highest BCUT2D eigenvalue weighted by molar-refractivity contribution is 5.39. The predicted molar refractivity (Wildman–Crippen MR) is 71.7 cm³/mol. The number of benzene rings is 1. The number of likely N-dealkylation sites (N-methyl/N-ethyl adjacent to an activating group) is 1. The number of nitrogens with zero attached hydrogens (tertiary/aromatic N) is 1. The van der Waals surface area contributed by atoms with Crippen molar-refractivity contribution in [2.24, 2.45) is 5.73 Å². The zero-order chi connectivity index (χ0) is 13.0. The summed E-state index contributed by atoms with van der Waals surface area (Å²) in [5.41, 5.74) is 7.99. The minimum atomic E-state index is -0.335. The van der Waals surface area contributed by atoms with E-state index in [4.69, 9.17) is 10.5 Å². The maximum atomic E-state index is 9.71. The maximum Gasteiger partial charge on any atom is 0.122 e. The molecule has 0 radical (unpaired) electrons. The lowest BCUT2D eigenvalue weighted by Crippen LogP contribution is -2.30. The Morgan fingerprint density at radius 3 is 3.11 bits per heavy atom. The lowest BCUT2D eigenvalue weighted by atomic mass is 10.1. The van der Waals surface area contributed by atoms with Crippen LogP contribution in [-0.2, 0) is 13.0 Å². The summed E-state index contributed by atoms with van der Waals surface area (Å²) in [5.74, 6) is 1.02. The molecular formula is C14H22N2O2. The molecule has 0 amide bonds. The van der Waals surface area contributed by atoms with Gasteiger partial charge in [-0.15, -0.1) is 0 Å². The second kappa shape index (κ2) is 6.18. The van der Waals surface area contributed by atoms with Crippen molar-refractivity contribution in [2.75, 3.05) is 26.7 Å². The molecule has 0 bridgehead atoms. The van der Waals surface area contributed by atoms with Crippen molar-refractivity contribution in [1.82, 2.24) is 4.90 Å². The first-order valence-electron chi connectivity index (χ1n) is 6.50. The largest absolute Gasteiger partial charge is 0.493 e. The molecule has 1 unspecified atom stereocenters. The van der Waals surface area contributed by atoms with E-state index in [2.05, 4.69) is 17.0 Å². The van der Waals surface area contributed by atoms with Gasteiger partial charge in [0.2, 0.25) is 0 Å². The second-order valence-electron chi connectivity index (χ2n) is 4.97. The van der Waals surface area contributed by atoms with Gasteiger partial charge in [-0.05, 0) is 37.2 Å². The molecule has 2 rings (SSSR count). The summed E-state index contributed by atoms with van der Waals surface area (Å²) >= 11 is 0. The van der Waals surface area contributed by atoms with Crippen LogP contribution in [0.1, 0.15) is 17.5 Å². The van der Waals surface area contributed by atoms with Gasteiger partial charge in [-0.2, -0.15) is 0 Å². The van der Waals surface area contributed by atoms with E-state index >= 15 is 0 Å². The van der Waals surface area contributed by atoms with Gasteiger partial charge < -0.3 is 15.6 Å². The summed E-state index contributed by atoms with van der Waals surface area (Å²) in [6.45, 7) is 2.83. The van der Waals surface area contributed by atoms with Crippen molar-refractivity contribution in [3.05, 3.63) is 29.3 Å². The van der Waals surface area contributed by atoms with Crippen LogP contribution >= 0.6 is 0 Å². The van der Waals surface area contributed by atoms with Crippen molar-refractivity contribution in [3.8, 4) is 5.75 Å². The Kier molecular flexibility index (Phi) is 4.58. The number of nitrogens with two attached hydrogens (primary N) is 1. The lowest BCUT2D eigenvalue weighted by molar-refractivity contribution is 0.117. The SMILES string of the molecule is CN(Cc1ccc2c(c1)CCO2)CC(O)CCN. The minimum absolute atomic E-state index is 0.335. The predicted octanol–water partition coefficient (Wildman–Crippen LogP) is 0.763. The van der Waals surface area contributed by atoms with E-state index in [1.807, 2.05) is 13.1 Å². The molecule has 1 aromatic rings. The van der Waals surface area contributed by atoms with Gasteiger partial charge in [-0.3, -0.25) is 4.90 Å². The monoisotopic (exact) mass is 250 g/mol. The quantitative estimate of drug-likeness (QED) is 0.782. The molecular weight excluding hydrogens is 228 g/mol. The van der Waals surface area contributed by atoms with Gasteiger partial charge in [0.1, 0.15) is 5.75 Å². The van der Waals surface area contributed by atoms with Crippen molar-refractivity contribution in [3.63, 3.8) is 0 Å². The summed E-state index contributed by atoms with van der Waals surface area (Å²) in [6.07, 6.45) is 1.32. The number of aliphatic hydroxyl groups is 1. The Labute approximate surface area is 108 Å². The topological polar surface area (TPSA) is 58.7 Å². The minimum Gasteiger partial charge on any atom is -0.493 e. The lowest BCUT2D eigenvalue weighted by Gasteiger charge is -2.20. The third kappa shape index (κ3) is 3.45.